The predicted molar refractivity (Wildman–Crippen MR) is 94.1 cm³/mol. The van der Waals surface area contributed by atoms with E-state index in [4.69, 9.17) is 4.74 Å². The van der Waals surface area contributed by atoms with Crippen molar-refractivity contribution < 1.29 is 9.84 Å². The van der Waals surface area contributed by atoms with E-state index in [0.29, 0.717) is 5.75 Å². The van der Waals surface area contributed by atoms with Gasteiger partial charge < -0.3 is 0 Å². The molecule has 22 heavy (non-hydrogen) atoms. The fourth-order valence-corrected chi connectivity index (χ4v) is 11.4. The van der Waals surface area contributed by atoms with Gasteiger partial charge in [0.15, 0.2) is 0 Å². The van der Waals surface area contributed by atoms with Gasteiger partial charge in [-0.05, 0) is 0 Å². The van der Waals surface area contributed by atoms with Gasteiger partial charge in [0, 0.05) is 0 Å². The number of ether oxygens (including phenoxy) is 1. The maximum absolute atomic E-state index is 9.80. The van der Waals surface area contributed by atoms with E-state index in [1.54, 1.807) is 13.2 Å². The fraction of sp³-hybridized carbons (Fsp3) is 0.235. The molecule has 0 fully saturated rings. The van der Waals surface area contributed by atoms with E-state index in [9.17, 15) is 5.11 Å². The number of para-hydroxylation sites is 1. The molecule has 0 unspecified atom stereocenters. The summed E-state index contributed by atoms with van der Waals surface area (Å²) >= 11 is 0.0484. The third-order valence-electron chi connectivity index (χ3n) is 3.03. The van der Waals surface area contributed by atoms with Gasteiger partial charge in [-0.15, -0.1) is 0 Å². The third kappa shape index (κ3) is 5.49. The van der Waals surface area contributed by atoms with Crippen molar-refractivity contribution in [3.8, 4) is 11.5 Å². The molecule has 0 spiro atoms. The standard InChI is InChI=1S/C17H19NO2Te2/c1-13(16-5-3-4-6-17(16)19)18-11-12-21-22-15-9-7-14(20-2)8-10-15/h3-10,19H,11-12H2,1-2H3. The molecule has 0 saturated carbocycles. The normalized spacial score (nSPS) is 11.5. The van der Waals surface area contributed by atoms with E-state index in [2.05, 4.69) is 17.1 Å². The van der Waals surface area contributed by atoms with Gasteiger partial charge in [0.05, 0.1) is 0 Å². The number of aliphatic imine (C=N–C) groups is 1. The van der Waals surface area contributed by atoms with Gasteiger partial charge in [0.1, 0.15) is 0 Å². The Morgan fingerprint density at radius 3 is 2.55 bits per heavy atom. The van der Waals surface area contributed by atoms with E-state index in [1.807, 2.05) is 37.3 Å². The first kappa shape index (κ1) is 17.6. The molecule has 0 aliphatic carbocycles. The summed E-state index contributed by atoms with van der Waals surface area (Å²) in [5.74, 6) is 1.24. The summed E-state index contributed by atoms with van der Waals surface area (Å²) in [6, 6.07) is 15.9. The topological polar surface area (TPSA) is 41.8 Å². The number of methoxy groups -OCH3 is 1. The van der Waals surface area contributed by atoms with Gasteiger partial charge in [0.2, 0.25) is 0 Å². The average Bonchev–Trinajstić information content (AvgIpc) is 2.55. The van der Waals surface area contributed by atoms with Crippen LogP contribution in [0.5, 0.6) is 11.5 Å². The molecular weight excluding hydrogens is 505 g/mol. The molecule has 0 atom stereocenters. The minimum absolute atomic E-state index is 0.0131. The van der Waals surface area contributed by atoms with Crippen molar-refractivity contribution in [1.29, 1.82) is 0 Å². The quantitative estimate of drug-likeness (QED) is 0.343. The van der Waals surface area contributed by atoms with Crippen LogP contribution in [0.4, 0.5) is 0 Å². The SMILES string of the molecule is COc1ccc([Te][Te]CCN=C(C)c2ccccc2O)cc1. The van der Waals surface area contributed by atoms with Gasteiger partial charge in [-0.25, -0.2) is 0 Å². The van der Waals surface area contributed by atoms with Crippen molar-refractivity contribution in [2.24, 2.45) is 4.99 Å². The van der Waals surface area contributed by atoms with Crippen molar-refractivity contribution in [3.63, 3.8) is 0 Å². The van der Waals surface area contributed by atoms with E-state index >= 15 is 0 Å². The Morgan fingerprint density at radius 2 is 1.86 bits per heavy atom. The molecule has 0 aliphatic heterocycles. The maximum atomic E-state index is 9.80. The zero-order chi connectivity index (χ0) is 15.8. The number of phenols is 1. The van der Waals surface area contributed by atoms with Crippen LogP contribution in [0.2, 0.25) is 4.47 Å². The zero-order valence-corrected chi connectivity index (χ0v) is 17.3. The van der Waals surface area contributed by atoms with E-state index in [-0.39, 0.29) is 34.1 Å². The average molecular weight is 525 g/mol. The monoisotopic (exact) mass is 529 g/mol. The van der Waals surface area contributed by atoms with Crippen LogP contribution in [0.3, 0.4) is 0 Å². The van der Waals surface area contributed by atoms with Crippen LogP contribution in [0.1, 0.15) is 12.5 Å². The van der Waals surface area contributed by atoms with Crippen LogP contribution in [0.15, 0.2) is 53.5 Å². The molecule has 0 amide bonds. The first-order valence-electron chi connectivity index (χ1n) is 6.93. The molecular formula is C17H19NO2Te2. The zero-order valence-electron chi connectivity index (χ0n) is 12.7. The Labute approximate surface area is 148 Å². The fourth-order valence-electron chi connectivity index (χ4n) is 1.86. The Hall–Kier alpha value is -0.711. The molecule has 2 rings (SSSR count). The van der Waals surface area contributed by atoms with Gasteiger partial charge in [0.25, 0.3) is 0 Å². The molecule has 0 radical (unpaired) electrons. The van der Waals surface area contributed by atoms with E-state index in [1.165, 1.54) is 8.08 Å². The molecule has 0 saturated heterocycles. The molecule has 5 heteroatoms. The first-order valence-corrected chi connectivity index (χ1v) is 17.1. The van der Waals surface area contributed by atoms with Crippen molar-refractivity contribution >= 4 is 43.4 Å². The predicted octanol–water partition coefficient (Wildman–Crippen LogP) is 2.28. The van der Waals surface area contributed by atoms with Crippen molar-refractivity contribution in [1.82, 2.24) is 0 Å². The van der Waals surface area contributed by atoms with Gasteiger partial charge in [-0.3, -0.25) is 0 Å². The minimum atomic E-state index is -0.0131. The second kappa shape index (κ2) is 9.43. The Morgan fingerprint density at radius 1 is 1.14 bits per heavy atom. The van der Waals surface area contributed by atoms with Gasteiger partial charge in [-0.1, -0.05) is 0 Å². The number of aromatic hydroxyl groups is 1. The number of rotatable bonds is 7. The van der Waals surface area contributed by atoms with Crippen LogP contribution in [-0.4, -0.2) is 58.6 Å². The summed E-state index contributed by atoms with van der Waals surface area (Å²) in [7, 11) is 1.70. The van der Waals surface area contributed by atoms with E-state index in [0.717, 1.165) is 23.6 Å². The molecule has 2 aromatic rings. The van der Waals surface area contributed by atoms with Gasteiger partial charge in [-0.2, -0.15) is 0 Å². The van der Waals surface area contributed by atoms with Crippen LogP contribution in [0, 0.1) is 0 Å². The summed E-state index contributed by atoms with van der Waals surface area (Å²) < 4.78 is 7.91. The Bertz CT molecular complexity index is 627. The van der Waals surface area contributed by atoms with Gasteiger partial charge >= 0.3 is 149 Å². The van der Waals surface area contributed by atoms with Crippen molar-refractivity contribution in [2.75, 3.05) is 13.7 Å². The van der Waals surface area contributed by atoms with Crippen molar-refractivity contribution in [2.45, 2.75) is 11.4 Å². The molecule has 0 bridgehead atoms. The summed E-state index contributed by atoms with van der Waals surface area (Å²) in [4.78, 5) is 4.60. The summed E-state index contributed by atoms with van der Waals surface area (Å²) in [6.45, 7) is 2.85. The number of hydrogen-bond donors (Lipinski definition) is 1. The molecule has 0 heterocycles. The molecule has 3 nitrogen and oxygen atoms in total. The third-order valence-corrected chi connectivity index (χ3v) is 14.8. The molecule has 0 aliphatic rings. The number of hydrogen-bond acceptors (Lipinski definition) is 3. The van der Waals surface area contributed by atoms with Crippen LogP contribution in [0.25, 0.3) is 0 Å². The molecule has 0 aromatic heterocycles. The first-order chi connectivity index (χ1) is 10.7. The number of phenolic OH excluding ortho intramolecular Hbond substituents is 1. The second-order valence-corrected chi connectivity index (χ2v) is 15.9. The Balaban J connectivity index is 1.76. The number of benzene rings is 2. The molecule has 1 N–H and O–H groups in total. The number of nitrogens with zero attached hydrogens (tertiary/aromatic N) is 1. The molecule has 2 aromatic carbocycles. The van der Waals surface area contributed by atoms with Crippen LogP contribution >= 0.6 is 0 Å². The van der Waals surface area contributed by atoms with Crippen LogP contribution in [-0.2, 0) is 0 Å². The summed E-state index contributed by atoms with van der Waals surface area (Å²) in [5, 5.41) is 9.80. The van der Waals surface area contributed by atoms with Crippen LogP contribution < -0.4 is 8.35 Å². The summed E-state index contributed by atoms with van der Waals surface area (Å²) in [6.07, 6.45) is 0. The van der Waals surface area contributed by atoms with Crippen molar-refractivity contribution in [3.05, 3.63) is 54.1 Å². The molecule has 116 valence electrons. The summed E-state index contributed by atoms with van der Waals surface area (Å²) in [5.41, 5.74) is 1.77. The second-order valence-electron chi connectivity index (χ2n) is 4.57. The Kier molecular flexibility index (Phi) is 7.56. The van der Waals surface area contributed by atoms with E-state index < -0.39 is 0 Å².